The number of hydrogen-bond donors (Lipinski definition) is 0. The fraction of sp³-hybridized carbons (Fsp3) is 0.111. The lowest BCUT2D eigenvalue weighted by molar-refractivity contribution is -0.0537. The van der Waals surface area contributed by atoms with E-state index in [1.165, 1.54) is 12.1 Å². The molecule has 0 aliphatic heterocycles. The highest BCUT2D eigenvalue weighted by atomic mass is 35.5. The summed E-state index contributed by atoms with van der Waals surface area (Å²) in [5.74, 6) is 0. The van der Waals surface area contributed by atoms with E-state index in [-0.39, 0.29) is 11.4 Å². The Morgan fingerprint density at radius 3 is 2.25 bits per heavy atom. The van der Waals surface area contributed by atoms with Gasteiger partial charge >= 0.3 is 6.18 Å². The van der Waals surface area contributed by atoms with Crippen LogP contribution in [0.1, 0.15) is 5.56 Å². The topological polar surface area (TPSA) is 24.7 Å². The molecular weight excluding hydrogens is 264 g/mol. The zero-order valence-electron chi connectivity index (χ0n) is 7.67. The van der Waals surface area contributed by atoms with Crippen LogP contribution in [0.15, 0.2) is 34.5 Å². The van der Waals surface area contributed by atoms with Gasteiger partial charge in [0.15, 0.2) is 5.17 Å². The van der Waals surface area contributed by atoms with Crippen LogP contribution >= 0.6 is 23.2 Å². The van der Waals surface area contributed by atoms with Crippen LogP contribution < -0.4 is 0 Å². The number of hydrogen-bond acceptors (Lipinski definition) is 2. The first-order valence-electron chi connectivity index (χ1n) is 3.99. The van der Waals surface area contributed by atoms with E-state index >= 15 is 0 Å². The first-order valence-corrected chi connectivity index (χ1v) is 4.74. The van der Waals surface area contributed by atoms with Crippen molar-refractivity contribution < 1.29 is 13.2 Å². The van der Waals surface area contributed by atoms with E-state index in [0.717, 1.165) is 0 Å². The molecule has 0 atom stereocenters. The quantitative estimate of drug-likeness (QED) is 0.575. The van der Waals surface area contributed by atoms with Crippen LogP contribution in [-0.2, 0) is 0 Å². The van der Waals surface area contributed by atoms with E-state index in [2.05, 4.69) is 10.2 Å². The van der Waals surface area contributed by atoms with Crippen LogP contribution in [0.25, 0.3) is 0 Å². The fourth-order valence-corrected chi connectivity index (χ4v) is 1.09. The molecule has 0 fully saturated rings. The van der Waals surface area contributed by atoms with E-state index in [1.54, 1.807) is 12.1 Å². The Morgan fingerprint density at radius 1 is 1.19 bits per heavy atom. The monoisotopic (exact) mass is 268 g/mol. The molecular formula is C9H5Cl2F3N2. The van der Waals surface area contributed by atoms with Gasteiger partial charge in [0, 0.05) is 10.6 Å². The molecule has 0 aromatic heterocycles. The van der Waals surface area contributed by atoms with Gasteiger partial charge < -0.3 is 0 Å². The van der Waals surface area contributed by atoms with E-state index < -0.39 is 6.18 Å². The molecule has 86 valence electrons. The standard InChI is InChI=1S/C9H5Cl2F3N2/c10-7-3-1-6(2-4-7)8(11)16-15-5-9(12,13)14/h1-5H/b15-5+,16-8-. The molecule has 0 N–H and O–H groups in total. The predicted octanol–water partition coefficient (Wildman–Crippen LogP) is 3.87. The van der Waals surface area contributed by atoms with Crippen LogP contribution in [-0.4, -0.2) is 17.6 Å². The van der Waals surface area contributed by atoms with Gasteiger partial charge in [0.25, 0.3) is 0 Å². The molecule has 1 rings (SSSR count). The van der Waals surface area contributed by atoms with E-state index in [9.17, 15) is 13.2 Å². The van der Waals surface area contributed by atoms with Crippen molar-refractivity contribution in [3.05, 3.63) is 34.9 Å². The van der Waals surface area contributed by atoms with Crippen LogP contribution in [0, 0.1) is 0 Å². The van der Waals surface area contributed by atoms with Crippen molar-refractivity contribution in [3.63, 3.8) is 0 Å². The molecule has 1 aromatic carbocycles. The molecule has 0 bridgehead atoms. The Balaban J connectivity index is 2.78. The van der Waals surface area contributed by atoms with E-state index in [1.807, 2.05) is 0 Å². The molecule has 0 unspecified atom stereocenters. The zero-order chi connectivity index (χ0) is 12.2. The third kappa shape index (κ3) is 4.63. The Morgan fingerprint density at radius 2 is 1.75 bits per heavy atom. The van der Waals surface area contributed by atoms with Crippen molar-refractivity contribution in [2.45, 2.75) is 6.18 Å². The Bertz CT molecular complexity index is 410. The van der Waals surface area contributed by atoms with Gasteiger partial charge in [-0.3, -0.25) is 0 Å². The highest BCUT2D eigenvalue weighted by molar-refractivity contribution is 6.69. The molecule has 7 heteroatoms. The maximum Gasteiger partial charge on any atom is 0.428 e. The Kier molecular flexibility index (Phi) is 4.32. The zero-order valence-corrected chi connectivity index (χ0v) is 9.18. The summed E-state index contributed by atoms with van der Waals surface area (Å²) in [6.45, 7) is 0. The van der Waals surface area contributed by atoms with Gasteiger partial charge in [-0.05, 0) is 12.1 Å². The first kappa shape index (κ1) is 13.0. The molecule has 2 nitrogen and oxygen atoms in total. The van der Waals surface area contributed by atoms with Crippen molar-refractivity contribution in [1.82, 2.24) is 0 Å². The summed E-state index contributed by atoms with van der Waals surface area (Å²) in [5, 5.41) is 6.36. The second-order valence-electron chi connectivity index (χ2n) is 2.68. The maximum atomic E-state index is 11.7. The van der Waals surface area contributed by atoms with Crippen molar-refractivity contribution in [1.29, 1.82) is 0 Å². The molecule has 0 amide bonds. The molecule has 0 heterocycles. The lowest BCUT2D eigenvalue weighted by Crippen LogP contribution is -2.08. The lowest BCUT2D eigenvalue weighted by atomic mass is 10.2. The van der Waals surface area contributed by atoms with Crippen LogP contribution in [0.2, 0.25) is 5.02 Å². The molecule has 1 aromatic rings. The van der Waals surface area contributed by atoms with Gasteiger partial charge in [-0.2, -0.15) is 18.3 Å². The summed E-state index contributed by atoms with van der Waals surface area (Å²) in [5.41, 5.74) is 0.436. The second kappa shape index (κ2) is 5.32. The minimum absolute atomic E-state index is 0.142. The normalized spacial score (nSPS) is 13.4. The number of nitrogens with zero attached hydrogens (tertiary/aromatic N) is 2. The summed E-state index contributed by atoms with van der Waals surface area (Å²) in [4.78, 5) is 0. The van der Waals surface area contributed by atoms with Crippen LogP contribution in [0.5, 0.6) is 0 Å². The molecule has 0 saturated heterocycles. The smallest absolute Gasteiger partial charge is 0.165 e. The van der Waals surface area contributed by atoms with E-state index in [0.29, 0.717) is 10.6 Å². The summed E-state index contributed by atoms with van der Waals surface area (Å²) >= 11 is 11.2. The highest BCUT2D eigenvalue weighted by Gasteiger charge is 2.23. The molecule has 0 aliphatic carbocycles. The van der Waals surface area contributed by atoms with Gasteiger partial charge in [0.2, 0.25) is 0 Å². The average molecular weight is 269 g/mol. The summed E-state index contributed by atoms with van der Waals surface area (Å²) in [6, 6.07) is 6.14. The van der Waals surface area contributed by atoms with Crippen molar-refractivity contribution in [2.75, 3.05) is 0 Å². The van der Waals surface area contributed by atoms with Crippen molar-refractivity contribution >= 4 is 34.6 Å². The molecule has 16 heavy (non-hydrogen) atoms. The summed E-state index contributed by atoms with van der Waals surface area (Å²) < 4.78 is 35.0. The van der Waals surface area contributed by atoms with Crippen LogP contribution in [0.4, 0.5) is 13.2 Å². The fourth-order valence-electron chi connectivity index (χ4n) is 0.790. The number of alkyl halides is 3. The van der Waals surface area contributed by atoms with Crippen LogP contribution in [0.3, 0.4) is 0 Å². The summed E-state index contributed by atoms with van der Waals surface area (Å²) in [7, 11) is 0. The summed E-state index contributed by atoms with van der Waals surface area (Å²) in [6.07, 6.45) is -4.74. The maximum absolute atomic E-state index is 11.7. The Labute approximate surface area is 99.4 Å². The molecule has 0 radical (unpaired) electrons. The Hall–Kier alpha value is -1.07. The van der Waals surface area contributed by atoms with Gasteiger partial charge in [-0.1, -0.05) is 35.3 Å². The highest BCUT2D eigenvalue weighted by Crippen LogP contribution is 2.13. The first-order chi connectivity index (χ1) is 7.38. The third-order valence-electron chi connectivity index (χ3n) is 1.43. The molecule has 0 spiro atoms. The minimum atomic E-state index is -4.50. The third-order valence-corrected chi connectivity index (χ3v) is 1.98. The molecule has 0 aliphatic rings. The number of rotatable bonds is 2. The van der Waals surface area contributed by atoms with E-state index in [4.69, 9.17) is 23.2 Å². The SMILES string of the molecule is FC(F)(F)/C=N/N=C(\Cl)c1ccc(Cl)cc1. The number of benzene rings is 1. The van der Waals surface area contributed by atoms with Gasteiger partial charge in [-0.15, -0.1) is 5.10 Å². The minimum Gasteiger partial charge on any atom is -0.165 e. The lowest BCUT2D eigenvalue weighted by Gasteiger charge is -1.97. The predicted molar refractivity (Wildman–Crippen MR) is 58.4 cm³/mol. The van der Waals surface area contributed by atoms with Crippen molar-refractivity contribution in [3.8, 4) is 0 Å². The van der Waals surface area contributed by atoms with Gasteiger partial charge in [0.05, 0.1) is 0 Å². The largest absolute Gasteiger partial charge is 0.428 e. The van der Waals surface area contributed by atoms with Gasteiger partial charge in [-0.25, -0.2) is 0 Å². The number of halogens is 5. The van der Waals surface area contributed by atoms with Crippen molar-refractivity contribution in [2.24, 2.45) is 10.2 Å². The molecule has 0 saturated carbocycles. The second-order valence-corrected chi connectivity index (χ2v) is 3.48. The van der Waals surface area contributed by atoms with Gasteiger partial charge in [0.1, 0.15) is 6.21 Å². The average Bonchev–Trinajstić information content (AvgIpc) is 2.16.